The van der Waals surface area contributed by atoms with Gasteiger partial charge in [-0.2, -0.15) is 8.75 Å². The van der Waals surface area contributed by atoms with Crippen LogP contribution < -0.4 is 5.32 Å². The molecule has 0 aliphatic carbocycles. The van der Waals surface area contributed by atoms with E-state index >= 15 is 0 Å². The number of aliphatic hydroxyl groups excluding tert-OH is 1. The van der Waals surface area contributed by atoms with Gasteiger partial charge in [0.15, 0.2) is 0 Å². The third-order valence-electron chi connectivity index (χ3n) is 4.08. The molecule has 2 aromatic rings. The monoisotopic (exact) mass is 334 g/mol. The standard InChI is InChI=1S/C15H18N4O3S/c20-9-7-10-4-1-2-8-19(10)15(22)14(21)16-11-5-3-6-12-13(11)18-23-17-12/h3,5-6,10,20H,1-2,4,7-9H2,(H,16,21)/t10-/m1/s1. The zero-order valence-electron chi connectivity index (χ0n) is 12.6. The molecule has 7 nitrogen and oxygen atoms in total. The molecule has 1 aromatic carbocycles. The molecule has 1 aliphatic heterocycles. The second-order valence-corrected chi connectivity index (χ2v) is 6.08. The minimum atomic E-state index is -0.671. The summed E-state index contributed by atoms with van der Waals surface area (Å²) in [5.41, 5.74) is 1.77. The summed E-state index contributed by atoms with van der Waals surface area (Å²) in [5.74, 6) is -1.22. The summed E-state index contributed by atoms with van der Waals surface area (Å²) >= 11 is 1.06. The lowest BCUT2D eigenvalue weighted by Gasteiger charge is -2.35. The van der Waals surface area contributed by atoms with E-state index in [2.05, 4.69) is 14.1 Å². The SMILES string of the molecule is O=C(Nc1cccc2nsnc12)C(=O)N1CCCC[C@@H]1CCO. The number of benzene rings is 1. The Morgan fingerprint density at radius 3 is 3.04 bits per heavy atom. The molecular weight excluding hydrogens is 316 g/mol. The third kappa shape index (κ3) is 3.32. The number of piperidine rings is 1. The predicted molar refractivity (Wildman–Crippen MR) is 87.1 cm³/mol. The number of hydrogen-bond donors (Lipinski definition) is 2. The fraction of sp³-hybridized carbons (Fsp3) is 0.467. The molecule has 1 aliphatic rings. The van der Waals surface area contributed by atoms with Crippen LogP contribution in [-0.4, -0.2) is 49.8 Å². The van der Waals surface area contributed by atoms with Gasteiger partial charge in [-0.25, -0.2) is 0 Å². The molecule has 3 rings (SSSR count). The van der Waals surface area contributed by atoms with Crippen molar-refractivity contribution in [3.05, 3.63) is 18.2 Å². The summed E-state index contributed by atoms with van der Waals surface area (Å²) in [6, 6.07) is 5.21. The number of likely N-dealkylation sites (tertiary alicyclic amines) is 1. The van der Waals surface area contributed by atoms with Crippen LogP contribution in [0.1, 0.15) is 25.7 Å². The molecule has 0 bridgehead atoms. The van der Waals surface area contributed by atoms with Crippen LogP contribution in [0, 0.1) is 0 Å². The Morgan fingerprint density at radius 1 is 1.35 bits per heavy atom. The zero-order valence-corrected chi connectivity index (χ0v) is 13.4. The number of carbonyl (C=O) groups excluding carboxylic acids is 2. The number of carbonyl (C=O) groups is 2. The Labute approximate surface area is 137 Å². The average Bonchev–Trinajstić information content (AvgIpc) is 3.05. The first-order valence-electron chi connectivity index (χ1n) is 7.65. The van der Waals surface area contributed by atoms with Crippen LogP contribution in [-0.2, 0) is 9.59 Å². The van der Waals surface area contributed by atoms with Crippen LogP contribution in [0.25, 0.3) is 11.0 Å². The van der Waals surface area contributed by atoms with Gasteiger partial charge in [0.05, 0.1) is 17.4 Å². The van der Waals surface area contributed by atoms with Crippen LogP contribution in [0.4, 0.5) is 5.69 Å². The fourth-order valence-corrected chi connectivity index (χ4v) is 3.48. The van der Waals surface area contributed by atoms with Gasteiger partial charge < -0.3 is 15.3 Å². The lowest BCUT2D eigenvalue weighted by molar-refractivity contribution is -0.146. The molecule has 1 saturated heterocycles. The average molecular weight is 334 g/mol. The first kappa shape index (κ1) is 15.8. The van der Waals surface area contributed by atoms with Crippen molar-refractivity contribution in [3.8, 4) is 0 Å². The molecule has 0 spiro atoms. The summed E-state index contributed by atoms with van der Waals surface area (Å²) in [7, 11) is 0. The highest BCUT2D eigenvalue weighted by Crippen LogP contribution is 2.23. The van der Waals surface area contributed by atoms with Crippen molar-refractivity contribution in [2.75, 3.05) is 18.5 Å². The van der Waals surface area contributed by atoms with Crippen LogP contribution in [0.2, 0.25) is 0 Å². The third-order valence-corrected chi connectivity index (χ3v) is 4.62. The lowest BCUT2D eigenvalue weighted by Crippen LogP contribution is -2.48. The van der Waals surface area contributed by atoms with Crippen molar-refractivity contribution in [2.24, 2.45) is 0 Å². The molecular formula is C15H18N4O3S. The maximum absolute atomic E-state index is 12.5. The van der Waals surface area contributed by atoms with Crippen molar-refractivity contribution >= 4 is 40.3 Å². The number of hydrogen-bond acceptors (Lipinski definition) is 6. The van der Waals surface area contributed by atoms with E-state index in [-0.39, 0.29) is 12.6 Å². The highest BCUT2D eigenvalue weighted by Gasteiger charge is 2.30. The molecule has 1 atom stereocenters. The Hall–Kier alpha value is -2.06. The molecule has 0 unspecified atom stereocenters. The zero-order chi connectivity index (χ0) is 16.2. The number of aliphatic hydroxyl groups is 1. The largest absolute Gasteiger partial charge is 0.396 e. The van der Waals surface area contributed by atoms with Crippen molar-refractivity contribution in [1.29, 1.82) is 0 Å². The molecule has 122 valence electrons. The fourth-order valence-electron chi connectivity index (χ4n) is 2.93. The van der Waals surface area contributed by atoms with Gasteiger partial charge in [-0.3, -0.25) is 9.59 Å². The first-order chi connectivity index (χ1) is 11.2. The summed E-state index contributed by atoms with van der Waals surface area (Å²) in [6.07, 6.45) is 3.22. The Bertz CT molecular complexity index is 716. The highest BCUT2D eigenvalue weighted by molar-refractivity contribution is 7.00. The van der Waals surface area contributed by atoms with Crippen molar-refractivity contribution in [2.45, 2.75) is 31.7 Å². The number of fused-ring (bicyclic) bond motifs is 1. The summed E-state index contributed by atoms with van der Waals surface area (Å²) in [5, 5.41) is 11.8. The molecule has 0 saturated carbocycles. The highest BCUT2D eigenvalue weighted by atomic mass is 32.1. The Morgan fingerprint density at radius 2 is 2.22 bits per heavy atom. The number of aromatic nitrogens is 2. The van der Waals surface area contributed by atoms with Crippen LogP contribution in [0.3, 0.4) is 0 Å². The number of nitrogens with zero attached hydrogens (tertiary/aromatic N) is 3. The van der Waals surface area contributed by atoms with E-state index in [1.54, 1.807) is 23.1 Å². The predicted octanol–water partition coefficient (Wildman–Crippen LogP) is 1.39. The molecule has 23 heavy (non-hydrogen) atoms. The number of nitrogens with one attached hydrogen (secondary N) is 1. The van der Waals surface area contributed by atoms with Crippen molar-refractivity contribution < 1.29 is 14.7 Å². The topological polar surface area (TPSA) is 95.4 Å². The quantitative estimate of drug-likeness (QED) is 0.827. The van der Waals surface area contributed by atoms with Crippen molar-refractivity contribution in [3.63, 3.8) is 0 Å². The van der Waals surface area contributed by atoms with E-state index in [9.17, 15) is 9.59 Å². The number of amides is 2. The van der Waals surface area contributed by atoms with E-state index in [1.165, 1.54) is 0 Å². The molecule has 0 radical (unpaired) electrons. The van der Waals surface area contributed by atoms with Gasteiger partial charge in [0.1, 0.15) is 11.0 Å². The van der Waals surface area contributed by atoms with Gasteiger partial charge in [-0.1, -0.05) is 6.07 Å². The van der Waals surface area contributed by atoms with E-state index in [0.29, 0.717) is 29.7 Å². The van der Waals surface area contributed by atoms with E-state index in [0.717, 1.165) is 31.0 Å². The van der Waals surface area contributed by atoms with E-state index < -0.39 is 11.8 Å². The van der Waals surface area contributed by atoms with E-state index in [1.807, 2.05) is 0 Å². The molecule has 1 aromatic heterocycles. The maximum atomic E-state index is 12.5. The van der Waals surface area contributed by atoms with Crippen molar-refractivity contribution in [1.82, 2.24) is 13.6 Å². The van der Waals surface area contributed by atoms with E-state index in [4.69, 9.17) is 5.11 Å². The molecule has 2 N–H and O–H groups in total. The Kier molecular flexibility index (Phi) is 4.82. The number of rotatable bonds is 3. The van der Waals surface area contributed by atoms with Gasteiger partial charge in [0, 0.05) is 19.2 Å². The van der Waals surface area contributed by atoms with Crippen LogP contribution in [0.15, 0.2) is 18.2 Å². The molecule has 1 fully saturated rings. The Balaban J connectivity index is 1.74. The normalized spacial score (nSPS) is 18.1. The van der Waals surface area contributed by atoms with Crippen LogP contribution >= 0.6 is 11.7 Å². The minimum Gasteiger partial charge on any atom is -0.396 e. The summed E-state index contributed by atoms with van der Waals surface area (Å²) in [4.78, 5) is 26.4. The summed E-state index contributed by atoms with van der Waals surface area (Å²) < 4.78 is 8.26. The van der Waals surface area contributed by atoms with Gasteiger partial charge >= 0.3 is 11.8 Å². The molecule has 2 heterocycles. The maximum Gasteiger partial charge on any atom is 0.313 e. The summed E-state index contributed by atoms with van der Waals surface area (Å²) in [6.45, 7) is 0.569. The van der Waals surface area contributed by atoms with Gasteiger partial charge in [0.2, 0.25) is 0 Å². The lowest BCUT2D eigenvalue weighted by atomic mass is 9.99. The van der Waals surface area contributed by atoms with Gasteiger partial charge in [-0.15, -0.1) is 0 Å². The smallest absolute Gasteiger partial charge is 0.313 e. The number of anilines is 1. The van der Waals surface area contributed by atoms with Gasteiger partial charge in [0.25, 0.3) is 0 Å². The van der Waals surface area contributed by atoms with Crippen LogP contribution in [0.5, 0.6) is 0 Å². The second kappa shape index (κ2) is 7.01. The van der Waals surface area contributed by atoms with Gasteiger partial charge in [-0.05, 0) is 37.8 Å². The second-order valence-electron chi connectivity index (χ2n) is 5.55. The minimum absolute atomic E-state index is 0.0138. The first-order valence-corrected chi connectivity index (χ1v) is 8.38. The molecule has 8 heteroatoms. The molecule has 2 amide bonds.